The first-order valence-electron chi connectivity index (χ1n) is 5.80. The number of primary amides is 1. The Morgan fingerprint density at radius 1 is 1.39 bits per heavy atom. The maximum absolute atomic E-state index is 11.4. The molecule has 0 spiro atoms. The van der Waals surface area contributed by atoms with Gasteiger partial charge in [-0.15, -0.1) is 0 Å². The number of amides is 1. The fourth-order valence-corrected chi connectivity index (χ4v) is 1.72. The van der Waals surface area contributed by atoms with Crippen LogP contribution in [0.2, 0.25) is 0 Å². The lowest BCUT2D eigenvalue weighted by atomic mass is 10.1. The van der Waals surface area contributed by atoms with Crippen LogP contribution in [0.4, 0.5) is 0 Å². The summed E-state index contributed by atoms with van der Waals surface area (Å²) in [5, 5.41) is 3.15. The minimum absolute atomic E-state index is 0.367. The van der Waals surface area contributed by atoms with Crippen LogP contribution in [0, 0.1) is 0 Å². The third kappa shape index (κ3) is 3.43. The van der Waals surface area contributed by atoms with Gasteiger partial charge < -0.3 is 16.0 Å². The Bertz CT molecular complexity index is 481. The van der Waals surface area contributed by atoms with Crippen molar-refractivity contribution >= 4 is 5.91 Å². The third-order valence-corrected chi connectivity index (χ3v) is 2.71. The summed E-state index contributed by atoms with van der Waals surface area (Å²) in [6, 6.07) is 9.47. The molecule has 0 fully saturated rings. The van der Waals surface area contributed by atoms with Crippen molar-refractivity contribution in [3.8, 4) is 0 Å². The molecule has 0 aliphatic carbocycles. The molecular formula is C13H16N4O. The zero-order valence-electron chi connectivity index (χ0n) is 9.97. The van der Waals surface area contributed by atoms with Gasteiger partial charge in [0.2, 0.25) is 5.91 Å². The zero-order chi connectivity index (χ0) is 12.8. The molecule has 4 N–H and O–H groups in total. The topological polar surface area (TPSA) is 83.8 Å². The van der Waals surface area contributed by atoms with Crippen LogP contribution in [-0.2, 0) is 17.8 Å². The highest BCUT2D eigenvalue weighted by Crippen LogP contribution is 2.02. The molecule has 2 rings (SSSR count). The predicted octanol–water partition coefficient (Wildman–Crippen LogP) is 0.596. The Balaban J connectivity index is 1.93. The molecule has 5 heteroatoms. The van der Waals surface area contributed by atoms with Crippen molar-refractivity contribution in [3.05, 3.63) is 54.1 Å². The van der Waals surface area contributed by atoms with Crippen LogP contribution in [-0.4, -0.2) is 21.9 Å². The number of carbonyl (C=O) groups is 1. The number of nitrogens with zero attached hydrogens (tertiary/aromatic N) is 1. The third-order valence-electron chi connectivity index (χ3n) is 2.71. The second kappa shape index (κ2) is 5.97. The number of H-pyrrole nitrogens is 1. The molecule has 0 saturated carbocycles. The van der Waals surface area contributed by atoms with Crippen molar-refractivity contribution in [3.63, 3.8) is 0 Å². The summed E-state index contributed by atoms with van der Waals surface area (Å²) in [6.45, 7) is 0.610. The molecule has 1 aromatic heterocycles. The number of imidazole rings is 1. The molecule has 18 heavy (non-hydrogen) atoms. The largest absolute Gasteiger partial charge is 0.368 e. The van der Waals surface area contributed by atoms with Gasteiger partial charge >= 0.3 is 0 Å². The van der Waals surface area contributed by atoms with E-state index in [4.69, 9.17) is 5.73 Å². The van der Waals surface area contributed by atoms with E-state index in [2.05, 4.69) is 15.3 Å². The molecule has 1 amide bonds. The van der Waals surface area contributed by atoms with E-state index in [0.717, 1.165) is 11.3 Å². The van der Waals surface area contributed by atoms with Gasteiger partial charge in [-0.1, -0.05) is 30.3 Å². The monoisotopic (exact) mass is 244 g/mol. The van der Waals surface area contributed by atoms with Crippen molar-refractivity contribution in [2.24, 2.45) is 5.73 Å². The van der Waals surface area contributed by atoms with Crippen molar-refractivity contribution in [2.45, 2.75) is 19.0 Å². The predicted molar refractivity (Wildman–Crippen MR) is 68.6 cm³/mol. The van der Waals surface area contributed by atoms with Gasteiger partial charge in [-0.3, -0.25) is 4.79 Å². The van der Waals surface area contributed by atoms with Crippen LogP contribution in [0.3, 0.4) is 0 Å². The van der Waals surface area contributed by atoms with Gasteiger partial charge in [0.15, 0.2) is 0 Å². The fourth-order valence-electron chi connectivity index (χ4n) is 1.72. The summed E-state index contributed by atoms with van der Waals surface area (Å²) in [5.41, 5.74) is 7.31. The molecule has 0 aliphatic heterocycles. The summed E-state index contributed by atoms with van der Waals surface area (Å²) < 4.78 is 0. The Labute approximate surface area is 105 Å². The van der Waals surface area contributed by atoms with E-state index < -0.39 is 6.04 Å². The lowest BCUT2D eigenvalue weighted by molar-refractivity contribution is -0.120. The first kappa shape index (κ1) is 12.3. The molecule has 1 unspecified atom stereocenters. The second-order valence-corrected chi connectivity index (χ2v) is 4.09. The highest BCUT2D eigenvalue weighted by Gasteiger charge is 2.16. The Morgan fingerprint density at radius 3 is 2.78 bits per heavy atom. The zero-order valence-corrected chi connectivity index (χ0v) is 9.97. The molecule has 0 bridgehead atoms. The summed E-state index contributed by atoms with van der Waals surface area (Å²) in [5.74, 6) is -0.367. The van der Waals surface area contributed by atoms with E-state index in [-0.39, 0.29) is 5.91 Å². The highest BCUT2D eigenvalue weighted by atomic mass is 16.1. The Hall–Kier alpha value is -2.14. The van der Waals surface area contributed by atoms with Crippen LogP contribution < -0.4 is 11.1 Å². The average Bonchev–Trinajstić information content (AvgIpc) is 2.88. The minimum atomic E-state index is -0.409. The molecule has 0 saturated heterocycles. The van der Waals surface area contributed by atoms with E-state index in [1.54, 1.807) is 12.5 Å². The van der Waals surface area contributed by atoms with Gasteiger partial charge in [0.1, 0.15) is 0 Å². The van der Waals surface area contributed by atoms with Crippen molar-refractivity contribution in [1.29, 1.82) is 0 Å². The normalized spacial score (nSPS) is 12.2. The first-order chi connectivity index (χ1) is 8.75. The smallest absolute Gasteiger partial charge is 0.234 e. The number of aromatic amines is 1. The van der Waals surface area contributed by atoms with Gasteiger partial charge in [-0.25, -0.2) is 4.98 Å². The molecular weight excluding hydrogens is 228 g/mol. The van der Waals surface area contributed by atoms with E-state index in [1.807, 2.05) is 30.3 Å². The number of nitrogens with one attached hydrogen (secondary N) is 2. The molecule has 5 nitrogen and oxygen atoms in total. The number of hydrogen-bond donors (Lipinski definition) is 3. The van der Waals surface area contributed by atoms with Crippen LogP contribution in [0.15, 0.2) is 42.9 Å². The number of carbonyl (C=O) groups excluding carboxylic acids is 1. The summed E-state index contributed by atoms with van der Waals surface area (Å²) in [6.07, 6.45) is 3.84. The van der Waals surface area contributed by atoms with Gasteiger partial charge in [0, 0.05) is 19.2 Å². The average molecular weight is 244 g/mol. The van der Waals surface area contributed by atoms with Gasteiger partial charge in [0.05, 0.1) is 18.1 Å². The molecule has 94 valence electrons. The molecule has 0 radical (unpaired) electrons. The first-order valence-corrected chi connectivity index (χ1v) is 5.80. The maximum Gasteiger partial charge on any atom is 0.234 e. The number of aromatic nitrogens is 2. The molecule has 1 aromatic carbocycles. The number of hydrogen-bond acceptors (Lipinski definition) is 3. The highest BCUT2D eigenvalue weighted by molar-refractivity contribution is 5.80. The summed E-state index contributed by atoms with van der Waals surface area (Å²) in [4.78, 5) is 18.3. The Morgan fingerprint density at radius 2 is 2.17 bits per heavy atom. The quantitative estimate of drug-likeness (QED) is 0.695. The standard InChI is InChI=1S/C13H16N4O/c14-13(18)12(6-11-8-15-9-17-11)16-7-10-4-2-1-3-5-10/h1-5,8-9,12,16H,6-7H2,(H2,14,18)(H,15,17). The molecule has 1 atom stereocenters. The summed E-state index contributed by atoms with van der Waals surface area (Å²) in [7, 11) is 0. The second-order valence-electron chi connectivity index (χ2n) is 4.09. The Kier molecular flexibility index (Phi) is 4.09. The number of benzene rings is 1. The maximum atomic E-state index is 11.4. The minimum Gasteiger partial charge on any atom is -0.368 e. The summed E-state index contributed by atoms with van der Waals surface area (Å²) >= 11 is 0. The van der Waals surface area contributed by atoms with Crippen molar-refractivity contribution < 1.29 is 4.79 Å². The van der Waals surface area contributed by atoms with E-state index in [0.29, 0.717) is 13.0 Å². The SMILES string of the molecule is NC(=O)C(Cc1c[nH]cn1)NCc1ccccc1. The van der Waals surface area contributed by atoms with E-state index in [1.165, 1.54) is 0 Å². The van der Waals surface area contributed by atoms with Crippen LogP contribution in [0.25, 0.3) is 0 Å². The molecule has 2 aromatic rings. The number of rotatable bonds is 6. The molecule has 1 heterocycles. The van der Waals surface area contributed by atoms with Crippen LogP contribution in [0.5, 0.6) is 0 Å². The lowest BCUT2D eigenvalue weighted by Gasteiger charge is -2.14. The van der Waals surface area contributed by atoms with Gasteiger partial charge in [-0.2, -0.15) is 0 Å². The van der Waals surface area contributed by atoms with Crippen LogP contribution >= 0.6 is 0 Å². The van der Waals surface area contributed by atoms with Gasteiger partial charge in [-0.05, 0) is 5.56 Å². The van der Waals surface area contributed by atoms with Crippen LogP contribution in [0.1, 0.15) is 11.3 Å². The van der Waals surface area contributed by atoms with E-state index in [9.17, 15) is 4.79 Å². The van der Waals surface area contributed by atoms with Crippen molar-refractivity contribution in [2.75, 3.05) is 0 Å². The van der Waals surface area contributed by atoms with Gasteiger partial charge in [0.25, 0.3) is 0 Å². The lowest BCUT2D eigenvalue weighted by Crippen LogP contribution is -2.42. The molecule has 0 aliphatic rings. The fraction of sp³-hybridized carbons (Fsp3) is 0.231. The van der Waals surface area contributed by atoms with Crippen molar-refractivity contribution in [1.82, 2.24) is 15.3 Å². The van der Waals surface area contributed by atoms with E-state index >= 15 is 0 Å². The number of nitrogens with two attached hydrogens (primary N) is 1.